The molecule has 2 saturated heterocycles. The quantitative estimate of drug-likeness (QED) is 0.780. The minimum atomic E-state index is -0.507. The first kappa shape index (κ1) is 18.9. The zero-order chi connectivity index (χ0) is 18.9. The van der Waals surface area contributed by atoms with Crippen LogP contribution in [0.4, 0.5) is 4.79 Å². The van der Waals surface area contributed by atoms with E-state index in [-0.39, 0.29) is 23.7 Å². The van der Waals surface area contributed by atoms with Gasteiger partial charge in [0.05, 0.1) is 0 Å². The number of nitrogens with one attached hydrogen (secondary N) is 1. The molecule has 0 saturated carbocycles. The van der Waals surface area contributed by atoms with Gasteiger partial charge in [0, 0.05) is 31.5 Å². The van der Waals surface area contributed by atoms with E-state index in [9.17, 15) is 14.4 Å². The number of piperidine rings is 2. The van der Waals surface area contributed by atoms with Crippen molar-refractivity contribution >= 4 is 17.8 Å². The van der Waals surface area contributed by atoms with Crippen LogP contribution in [0, 0.1) is 11.8 Å². The first-order chi connectivity index (χ1) is 12.2. The van der Waals surface area contributed by atoms with E-state index in [2.05, 4.69) is 11.4 Å². The molecule has 2 aliphatic heterocycles. The van der Waals surface area contributed by atoms with Crippen molar-refractivity contribution in [1.82, 2.24) is 10.2 Å². The Kier molecular flexibility index (Phi) is 5.39. The predicted octanol–water partition coefficient (Wildman–Crippen LogP) is 2.82. The standard InChI is InChI=1S/C20H30N2O4/c1-20(2,3)26-19(25)21-9-5-6-14-10-13-11-15(18(14)24)16-7-4-8-17(23)22(16)12-13/h10,13,15-16H,4-9,11-12H2,1-3H3,(H,21,25)/t13-,15+,16+/m0/s1. The lowest BCUT2D eigenvalue weighted by Gasteiger charge is -2.48. The highest BCUT2D eigenvalue weighted by Gasteiger charge is 2.45. The highest BCUT2D eigenvalue weighted by molar-refractivity contribution is 5.99. The SMILES string of the molecule is CC(C)(C)OC(=O)NCCCC1=C[C@H]2C[C@@H](C1=O)[C@H]1CCCC(=O)N1C2. The third-order valence-electron chi connectivity index (χ3n) is 5.44. The van der Waals surface area contributed by atoms with Crippen molar-refractivity contribution in [1.29, 1.82) is 0 Å². The summed E-state index contributed by atoms with van der Waals surface area (Å²) < 4.78 is 5.21. The number of ether oxygens (including phenoxy) is 1. The molecule has 0 aromatic carbocycles. The lowest BCUT2D eigenvalue weighted by atomic mass is 9.70. The van der Waals surface area contributed by atoms with E-state index >= 15 is 0 Å². The van der Waals surface area contributed by atoms with Gasteiger partial charge in [-0.25, -0.2) is 4.79 Å². The van der Waals surface area contributed by atoms with Crippen LogP contribution in [0.25, 0.3) is 0 Å². The number of amides is 2. The summed E-state index contributed by atoms with van der Waals surface area (Å²) in [5.74, 6) is 0.687. The van der Waals surface area contributed by atoms with Gasteiger partial charge in [0.1, 0.15) is 5.60 Å². The average Bonchev–Trinajstić information content (AvgIpc) is 2.55. The number of rotatable bonds is 4. The molecule has 6 heteroatoms. The highest BCUT2D eigenvalue weighted by atomic mass is 16.6. The third kappa shape index (κ3) is 4.27. The molecule has 3 atom stereocenters. The Labute approximate surface area is 155 Å². The van der Waals surface area contributed by atoms with E-state index in [1.165, 1.54) is 0 Å². The Morgan fingerprint density at radius 1 is 1.35 bits per heavy atom. The van der Waals surface area contributed by atoms with E-state index in [4.69, 9.17) is 4.74 Å². The topological polar surface area (TPSA) is 75.7 Å². The summed E-state index contributed by atoms with van der Waals surface area (Å²) >= 11 is 0. The first-order valence-corrected chi connectivity index (χ1v) is 9.76. The summed E-state index contributed by atoms with van der Waals surface area (Å²) in [7, 11) is 0. The van der Waals surface area contributed by atoms with Crippen molar-refractivity contribution in [3.8, 4) is 0 Å². The second-order valence-corrected chi connectivity index (χ2v) is 8.70. The average molecular weight is 362 g/mol. The van der Waals surface area contributed by atoms with Crippen molar-refractivity contribution in [2.24, 2.45) is 11.8 Å². The van der Waals surface area contributed by atoms with E-state index in [0.29, 0.717) is 31.7 Å². The maximum Gasteiger partial charge on any atom is 0.407 e. The van der Waals surface area contributed by atoms with Gasteiger partial charge >= 0.3 is 6.09 Å². The molecule has 144 valence electrons. The van der Waals surface area contributed by atoms with Crippen LogP contribution in [-0.2, 0) is 14.3 Å². The van der Waals surface area contributed by atoms with Gasteiger partial charge in [-0.3, -0.25) is 9.59 Å². The molecule has 0 unspecified atom stereocenters. The Morgan fingerprint density at radius 3 is 2.85 bits per heavy atom. The van der Waals surface area contributed by atoms with Crippen LogP contribution < -0.4 is 5.32 Å². The molecule has 0 aromatic rings. The number of fused-ring (bicyclic) bond motifs is 4. The molecule has 0 spiro atoms. The number of Topliss-reactive ketones (excluding diaryl/α,β-unsaturated/α-hetero) is 1. The van der Waals surface area contributed by atoms with Crippen molar-refractivity contribution < 1.29 is 19.1 Å². The lowest BCUT2D eigenvalue weighted by Crippen LogP contribution is -2.56. The summed E-state index contributed by atoms with van der Waals surface area (Å²) in [5, 5.41) is 2.74. The summed E-state index contributed by atoms with van der Waals surface area (Å²) in [4.78, 5) is 38.7. The van der Waals surface area contributed by atoms with Crippen molar-refractivity contribution in [3.05, 3.63) is 11.6 Å². The smallest absolute Gasteiger partial charge is 0.407 e. The van der Waals surface area contributed by atoms with Crippen LogP contribution in [0.2, 0.25) is 0 Å². The fourth-order valence-electron chi connectivity index (χ4n) is 4.41. The molecule has 6 nitrogen and oxygen atoms in total. The number of ketones is 1. The number of hydrogen-bond donors (Lipinski definition) is 1. The molecule has 26 heavy (non-hydrogen) atoms. The molecule has 0 radical (unpaired) electrons. The second kappa shape index (κ2) is 7.41. The Hall–Kier alpha value is -1.85. The zero-order valence-electron chi connectivity index (χ0n) is 16.0. The molecular weight excluding hydrogens is 332 g/mol. The Morgan fingerprint density at radius 2 is 2.12 bits per heavy atom. The number of allylic oxidation sites excluding steroid dienone is 1. The van der Waals surface area contributed by atoms with Gasteiger partial charge < -0.3 is 15.0 Å². The monoisotopic (exact) mass is 362 g/mol. The van der Waals surface area contributed by atoms with E-state index in [1.54, 1.807) is 0 Å². The van der Waals surface area contributed by atoms with Crippen LogP contribution >= 0.6 is 0 Å². The maximum absolute atomic E-state index is 12.9. The summed E-state index contributed by atoms with van der Waals surface area (Å²) in [5.41, 5.74) is 0.377. The van der Waals surface area contributed by atoms with Gasteiger partial charge in [0.2, 0.25) is 5.91 Å². The number of carbonyl (C=O) groups is 3. The molecule has 2 amide bonds. The van der Waals surface area contributed by atoms with Crippen LogP contribution in [0.3, 0.4) is 0 Å². The van der Waals surface area contributed by atoms with E-state index in [1.807, 2.05) is 25.7 Å². The van der Waals surface area contributed by atoms with Gasteiger partial charge in [-0.2, -0.15) is 0 Å². The van der Waals surface area contributed by atoms with Crippen molar-refractivity contribution in [2.45, 2.75) is 70.9 Å². The van der Waals surface area contributed by atoms with Gasteiger partial charge in [0.25, 0.3) is 0 Å². The summed E-state index contributed by atoms with van der Waals surface area (Å²) in [6.45, 7) is 6.73. The summed E-state index contributed by atoms with van der Waals surface area (Å²) in [6, 6.07) is 0.101. The fourth-order valence-corrected chi connectivity index (χ4v) is 4.41. The predicted molar refractivity (Wildman–Crippen MR) is 97.5 cm³/mol. The fraction of sp³-hybridized carbons (Fsp3) is 0.750. The maximum atomic E-state index is 12.9. The minimum absolute atomic E-state index is 0.0307. The molecule has 0 aromatic heterocycles. The van der Waals surface area contributed by atoms with Crippen molar-refractivity contribution in [2.75, 3.05) is 13.1 Å². The van der Waals surface area contributed by atoms with Crippen LogP contribution in [-0.4, -0.2) is 47.4 Å². The summed E-state index contributed by atoms with van der Waals surface area (Å²) in [6.07, 6.45) is 6.38. The van der Waals surface area contributed by atoms with Crippen molar-refractivity contribution in [3.63, 3.8) is 0 Å². The number of hydrogen-bond acceptors (Lipinski definition) is 4. The molecule has 3 rings (SSSR count). The van der Waals surface area contributed by atoms with Gasteiger partial charge in [0.15, 0.2) is 5.78 Å². The molecular formula is C20H30N2O4. The largest absolute Gasteiger partial charge is 0.444 e. The normalized spacial score (nSPS) is 28.3. The van der Waals surface area contributed by atoms with E-state index in [0.717, 1.165) is 31.4 Å². The molecule has 1 N–H and O–H groups in total. The van der Waals surface area contributed by atoms with Gasteiger partial charge in [-0.15, -0.1) is 0 Å². The van der Waals surface area contributed by atoms with Gasteiger partial charge in [-0.05, 0) is 64.4 Å². The van der Waals surface area contributed by atoms with Crippen LogP contribution in [0.1, 0.15) is 59.3 Å². The Balaban J connectivity index is 1.53. The number of nitrogens with zero attached hydrogens (tertiary/aromatic N) is 1. The molecule has 3 aliphatic rings. The zero-order valence-corrected chi connectivity index (χ0v) is 16.0. The molecule has 2 fully saturated rings. The molecule has 1 aliphatic carbocycles. The molecule has 2 heterocycles. The number of alkyl carbamates (subject to hydrolysis) is 1. The van der Waals surface area contributed by atoms with E-state index < -0.39 is 11.7 Å². The lowest BCUT2D eigenvalue weighted by molar-refractivity contribution is -0.144. The second-order valence-electron chi connectivity index (χ2n) is 8.70. The first-order valence-electron chi connectivity index (χ1n) is 9.76. The molecule has 2 bridgehead atoms. The number of carbonyl (C=O) groups excluding carboxylic acids is 3. The highest BCUT2D eigenvalue weighted by Crippen LogP contribution is 2.40. The van der Waals surface area contributed by atoms with Gasteiger partial charge in [-0.1, -0.05) is 6.08 Å². The minimum Gasteiger partial charge on any atom is -0.444 e. The van der Waals surface area contributed by atoms with Crippen LogP contribution in [0.5, 0.6) is 0 Å². The Bertz CT molecular complexity index is 620. The van der Waals surface area contributed by atoms with Crippen LogP contribution in [0.15, 0.2) is 11.6 Å². The third-order valence-corrected chi connectivity index (χ3v) is 5.44.